The average molecular weight is 333 g/mol. The SMILES string of the molecule is Cn1c(=O)c2cc(NC(=O)c3cccs3)c(=O)oc2n(C)c1=O. The van der Waals surface area contributed by atoms with Gasteiger partial charge in [0.05, 0.1) is 4.88 Å². The summed E-state index contributed by atoms with van der Waals surface area (Å²) in [7, 11) is 2.70. The monoisotopic (exact) mass is 333 g/mol. The van der Waals surface area contributed by atoms with Crippen LogP contribution >= 0.6 is 11.3 Å². The summed E-state index contributed by atoms with van der Waals surface area (Å²) in [4.78, 5) is 48.4. The Kier molecular flexibility index (Phi) is 3.49. The molecule has 0 bridgehead atoms. The third-order valence-electron chi connectivity index (χ3n) is 3.34. The molecule has 9 heteroatoms. The first-order valence-corrected chi connectivity index (χ1v) is 7.37. The first-order valence-electron chi connectivity index (χ1n) is 6.49. The molecule has 0 saturated heterocycles. The first-order chi connectivity index (χ1) is 10.9. The third-order valence-corrected chi connectivity index (χ3v) is 4.20. The predicted molar refractivity (Wildman–Crippen MR) is 85.2 cm³/mol. The number of carbonyl (C=O) groups is 1. The molecular formula is C14H11N3O5S. The molecule has 0 fully saturated rings. The standard InChI is InChI=1S/C14H11N3O5S/c1-16-11(19)7-6-8(15-10(18)9-4-3-5-23-9)13(20)22-12(7)17(2)14(16)21/h3-6H,1-2H3,(H,15,18). The molecule has 0 saturated carbocycles. The molecule has 0 atom stereocenters. The number of amides is 1. The van der Waals surface area contributed by atoms with E-state index in [2.05, 4.69) is 5.32 Å². The Hall–Kier alpha value is -2.94. The maximum atomic E-state index is 12.2. The molecule has 1 N–H and O–H groups in total. The minimum absolute atomic E-state index is 0.0238. The number of nitrogens with one attached hydrogen (secondary N) is 1. The Morgan fingerprint density at radius 2 is 1.96 bits per heavy atom. The zero-order valence-electron chi connectivity index (χ0n) is 12.2. The number of aromatic nitrogens is 2. The second-order valence-electron chi connectivity index (χ2n) is 4.80. The number of hydrogen-bond acceptors (Lipinski definition) is 6. The van der Waals surface area contributed by atoms with Crippen LogP contribution in [0, 0.1) is 0 Å². The Balaban J connectivity index is 2.19. The summed E-state index contributed by atoms with van der Waals surface area (Å²) in [5.74, 6) is -0.478. The van der Waals surface area contributed by atoms with Crippen LogP contribution in [-0.2, 0) is 14.1 Å². The molecule has 1 amide bonds. The van der Waals surface area contributed by atoms with Gasteiger partial charge >= 0.3 is 11.3 Å². The van der Waals surface area contributed by atoms with Crippen molar-refractivity contribution in [3.05, 3.63) is 59.7 Å². The number of hydrogen-bond donors (Lipinski definition) is 1. The number of fused-ring (bicyclic) bond motifs is 1. The van der Waals surface area contributed by atoms with Gasteiger partial charge in [-0.05, 0) is 17.5 Å². The van der Waals surface area contributed by atoms with Crippen LogP contribution in [0.2, 0.25) is 0 Å². The molecule has 0 aliphatic carbocycles. The first kappa shape index (κ1) is 15.0. The summed E-state index contributed by atoms with van der Waals surface area (Å²) in [6.07, 6.45) is 0. The topological polar surface area (TPSA) is 103 Å². The molecule has 3 heterocycles. The maximum Gasteiger partial charge on any atom is 0.361 e. The minimum Gasteiger partial charge on any atom is -0.404 e. The van der Waals surface area contributed by atoms with Crippen LogP contribution in [0.15, 0.2) is 42.4 Å². The van der Waals surface area contributed by atoms with E-state index in [9.17, 15) is 19.2 Å². The molecule has 23 heavy (non-hydrogen) atoms. The van der Waals surface area contributed by atoms with Gasteiger partial charge in [0.25, 0.3) is 11.5 Å². The molecule has 3 aromatic rings. The Morgan fingerprint density at radius 3 is 2.61 bits per heavy atom. The van der Waals surface area contributed by atoms with Gasteiger partial charge in [-0.25, -0.2) is 9.59 Å². The number of anilines is 1. The van der Waals surface area contributed by atoms with Crippen molar-refractivity contribution < 1.29 is 9.21 Å². The lowest BCUT2D eigenvalue weighted by Gasteiger charge is -2.07. The normalized spacial score (nSPS) is 10.9. The van der Waals surface area contributed by atoms with Gasteiger partial charge < -0.3 is 9.73 Å². The van der Waals surface area contributed by atoms with Crippen LogP contribution in [0.5, 0.6) is 0 Å². The smallest absolute Gasteiger partial charge is 0.361 e. The van der Waals surface area contributed by atoms with Gasteiger partial charge in [0, 0.05) is 14.1 Å². The van der Waals surface area contributed by atoms with Gasteiger partial charge in [0.15, 0.2) is 0 Å². The van der Waals surface area contributed by atoms with E-state index >= 15 is 0 Å². The molecule has 3 aromatic heterocycles. The molecule has 0 aromatic carbocycles. The summed E-state index contributed by atoms with van der Waals surface area (Å²) < 4.78 is 7.00. The van der Waals surface area contributed by atoms with Crippen LogP contribution in [-0.4, -0.2) is 15.0 Å². The van der Waals surface area contributed by atoms with Gasteiger partial charge in [0.1, 0.15) is 11.1 Å². The number of carbonyl (C=O) groups excluding carboxylic acids is 1. The van der Waals surface area contributed by atoms with Crippen LogP contribution in [0.3, 0.4) is 0 Å². The number of thiophene rings is 1. The van der Waals surface area contributed by atoms with Gasteiger partial charge in [-0.2, -0.15) is 0 Å². The summed E-state index contributed by atoms with van der Waals surface area (Å²) in [6.45, 7) is 0. The van der Waals surface area contributed by atoms with Gasteiger partial charge in [0.2, 0.25) is 5.71 Å². The fourth-order valence-electron chi connectivity index (χ4n) is 2.12. The number of aryl methyl sites for hydroxylation is 1. The van der Waals surface area contributed by atoms with Crippen LogP contribution in [0.25, 0.3) is 11.1 Å². The quantitative estimate of drug-likeness (QED) is 0.736. The van der Waals surface area contributed by atoms with Gasteiger partial charge in [-0.1, -0.05) is 6.07 Å². The van der Waals surface area contributed by atoms with Gasteiger partial charge in [-0.15, -0.1) is 11.3 Å². The van der Waals surface area contributed by atoms with E-state index in [1.54, 1.807) is 17.5 Å². The lowest BCUT2D eigenvalue weighted by Crippen LogP contribution is -2.37. The van der Waals surface area contributed by atoms with E-state index in [1.165, 1.54) is 31.5 Å². The van der Waals surface area contributed by atoms with Crippen molar-refractivity contribution in [3.8, 4) is 0 Å². The van der Waals surface area contributed by atoms with Crippen molar-refractivity contribution in [3.63, 3.8) is 0 Å². The van der Waals surface area contributed by atoms with Crippen LogP contribution in [0.1, 0.15) is 9.67 Å². The molecule has 3 rings (SSSR count). The largest absolute Gasteiger partial charge is 0.404 e. The second kappa shape index (κ2) is 5.36. The third kappa shape index (κ3) is 2.40. The fourth-order valence-corrected chi connectivity index (χ4v) is 2.74. The Bertz CT molecular complexity index is 1090. The highest BCUT2D eigenvalue weighted by molar-refractivity contribution is 7.12. The molecule has 0 aliphatic heterocycles. The second-order valence-corrected chi connectivity index (χ2v) is 5.75. The summed E-state index contributed by atoms with van der Waals surface area (Å²) in [5, 5.41) is 4.16. The van der Waals surface area contributed by atoms with E-state index in [1.807, 2.05) is 0 Å². The lowest BCUT2D eigenvalue weighted by molar-refractivity contribution is 0.103. The number of rotatable bonds is 2. The van der Waals surface area contributed by atoms with E-state index in [0.29, 0.717) is 4.88 Å². The zero-order chi connectivity index (χ0) is 16.7. The number of nitrogens with zero attached hydrogens (tertiary/aromatic N) is 2. The van der Waals surface area contributed by atoms with Crippen molar-refractivity contribution >= 4 is 34.0 Å². The van der Waals surface area contributed by atoms with Gasteiger partial charge in [-0.3, -0.25) is 18.7 Å². The highest BCUT2D eigenvalue weighted by Crippen LogP contribution is 2.13. The zero-order valence-corrected chi connectivity index (χ0v) is 13.0. The lowest BCUT2D eigenvalue weighted by atomic mass is 10.3. The minimum atomic E-state index is -0.842. The summed E-state index contributed by atoms with van der Waals surface area (Å²) in [5.41, 5.74) is -2.37. The maximum absolute atomic E-state index is 12.2. The molecule has 0 radical (unpaired) electrons. The van der Waals surface area contributed by atoms with Crippen molar-refractivity contribution in [1.29, 1.82) is 0 Å². The summed E-state index contributed by atoms with van der Waals surface area (Å²) >= 11 is 1.21. The van der Waals surface area contributed by atoms with E-state index in [4.69, 9.17) is 4.42 Å². The Morgan fingerprint density at radius 1 is 1.22 bits per heavy atom. The predicted octanol–water partition coefficient (Wildman–Crippen LogP) is 0.504. The van der Waals surface area contributed by atoms with E-state index in [-0.39, 0.29) is 16.8 Å². The van der Waals surface area contributed by atoms with Crippen molar-refractivity contribution in [1.82, 2.24) is 9.13 Å². The molecule has 8 nitrogen and oxygen atoms in total. The fraction of sp³-hybridized carbons (Fsp3) is 0.143. The average Bonchev–Trinajstić information content (AvgIpc) is 3.07. The highest BCUT2D eigenvalue weighted by atomic mass is 32.1. The molecule has 118 valence electrons. The molecule has 0 unspecified atom stereocenters. The van der Waals surface area contributed by atoms with E-state index in [0.717, 1.165) is 9.13 Å². The van der Waals surface area contributed by atoms with Crippen molar-refractivity contribution in [2.24, 2.45) is 14.1 Å². The van der Waals surface area contributed by atoms with Crippen molar-refractivity contribution in [2.45, 2.75) is 0 Å². The molecular weight excluding hydrogens is 322 g/mol. The molecule has 0 spiro atoms. The van der Waals surface area contributed by atoms with E-state index < -0.39 is 22.8 Å². The summed E-state index contributed by atoms with van der Waals surface area (Å²) in [6, 6.07) is 4.52. The Labute approximate surface area is 132 Å². The van der Waals surface area contributed by atoms with Crippen LogP contribution < -0.4 is 22.2 Å². The highest BCUT2D eigenvalue weighted by Gasteiger charge is 2.16. The van der Waals surface area contributed by atoms with Crippen molar-refractivity contribution in [2.75, 3.05) is 5.32 Å². The molecule has 0 aliphatic rings. The van der Waals surface area contributed by atoms with Crippen LogP contribution in [0.4, 0.5) is 5.69 Å².